The minimum atomic E-state index is 0.587. The molecule has 0 fully saturated rings. The molecule has 0 aliphatic carbocycles. The van der Waals surface area contributed by atoms with Crippen molar-refractivity contribution in [2.24, 2.45) is 0 Å². The third-order valence-electron chi connectivity index (χ3n) is 8.19. The van der Waals surface area contributed by atoms with E-state index in [1.165, 1.54) is 32.3 Å². The van der Waals surface area contributed by atoms with Crippen molar-refractivity contribution in [2.75, 3.05) is 0 Å². The van der Waals surface area contributed by atoms with Crippen molar-refractivity contribution < 1.29 is 4.42 Å². The molecule has 0 unspecified atom stereocenters. The quantitative estimate of drug-likeness (QED) is 0.205. The van der Waals surface area contributed by atoms with Crippen LogP contribution >= 0.6 is 0 Å². The van der Waals surface area contributed by atoms with Gasteiger partial charge in [0.25, 0.3) is 0 Å². The van der Waals surface area contributed by atoms with E-state index < -0.39 is 0 Å². The van der Waals surface area contributed by atoms with Gasteiger partial charge in [-0.3, -0.25) is 4.98 Å². The molecule has 9 rings (SSSR count). The minimum absolute atomic E-state index is 0.587. The maximum absolute atomic E-state index is 6.16. The molecule has 0 aliphatic rings. The molecule has 0 bridgehead atoms. The molecular weight excluding hydrogens is 528 g/mol. The first kappa shape index (κ1) is 23.7. The second kappa shape index (κ2) is 9.29. The van der Waals surface area contributed by atoms with Gasteiger partial charge in [-0.25, -0.2) is 15.0 Å². The molecule has 0 radical (unpaired) electrons. The average molecular weight is 551 g/mol. The molecule has 0 aliphatic heterocycles. The van der Waals surface area contributed by atoms with E-state index in [0.717, 1.165) is 38.6 Å². The number of aromatic nitrogens is 4. The topological polar surface area (TPSA) is 64.7 Å². The van der Waals surface area contributed by atoms with Crippen molar-refractivity contribution in [1.29, 1.82) is 0 Å². The normalized spacial score (nSPS) is 11.7. The summed E-state index contributed by atoms with van der Waals surface area (Å²) < 4.78 is 6.16. The summed E-state index contributed by atoms with van der Waals surface area (Å²) in [5.41, 5.74) is 4.29. The van der Waals surface area contributed by atoms with Crippen LogP contribution in [0, 0.1) is 0 Å². The Morgan fingerprint density at radius 3 is 2.05 bits per heavy atom. The van der Waals surface area contributed by atoms with Crippen LogP contribution < -0.4 is 0 Å². The largest absolute Gasteiger partial charge is 0.456 e. The summed E-state index contributed by atoms with van der Waals surface area (Å²) in [6.45, 7) is 0. The molecule has 0 saturated heterocycles. The van der Waals surface area contributed by atoms with E-state index in [1.807, 2.05) is 60.8 Å². The fourth-order valence-electron chi connectivity index (χ4n) is 6.16. The second-order valence-corrected chi connectivity index (χ2v) is 10.7. The first-order valence-corrected chi connectivity index (χ1v) is 14.2. The number of benzene rings is 6. The van der Waals surface area contributed by atoms with Crippen LogP contribution in [-0.2, 0) is 0 Å². The van der Waals surface area contributed by atoms with Gasteiger partial charge in [-0.05, 0) is 50.5 Å². The molecule has 3 heterocycles. The molecule has 0 saturated carbocycles. The highest BCUT2D eigenvalue weighted by atomic mass is 16.3. The van der Waals surface area contributed by atoms with Crippen LogP contribution in [-0.4, -0.2) is 19.9 Å². The number of rotatable bonds is 3. The van der Waals surface area contributed by atoms with Crippen LogP contribution in [0.4, 0.5) is 0 Å². The molecule has 0 amide bonds. The molecule has 43 heavy (non-hydrogen) atoms. The van der Waals surface area contributed by atoms with Gasteiger partial charge < -0.3 is 4.42 Å². The van der Waals surface area contributed by atoms with E-state index in [1.54, 1.807) is 6.20 Å². The predicted octanol–water partition coefficient (Wildman–Crippen LogP) is 9.63. The maximum Gasteiger partial charge on any atom is 0.164 e. The monoisotopic (exact) mass is 550 g/mol. The highest BCUT2D eigenvalue weighted by Crippen LogP contribution is 2.37. The highest BCUT2D eigenvalue weighted by Gasteiger charge is 2.18. The Bertz CT molecular complexity index is 2510. The van der Waals surface area contributed by atoms with E-state index in [4.69, 9.17) is 19.4 Å². The summed E-state index contributed by atoms with van der Waals surface area (Å²) in [7, 11) is 0. The van der Waals surface area contributed by atoms with Crippen LogP contribution in [0.15, 0.2) is 138 Å². The van der Waals surface area contributed by atoms with Crippen LogP contribution in [0.5, 0.6) is 0 Å². The van der Waals surface area contributed by atoms with E-state index in [-0.39, 0.29) is 0 Å². The molecule has 0 N–H and O–H groups in total. The summed E-state index contributed by atoms with van der Waals surface area (Å²) in [5.74, 6) is 1.82. The summed E-state index contributed by atoms with van der Waals surface area (Å²) in [4.78, 5) is 19.5. The standard InChI is InChI=1S/C38H22N4O/c1-2-8-26(9-3-1)36-40-37(42-38(41-36)29-11-6-12-33-35(29)31-22-39-20-19-32(31)43-33)27-18-15-24-14-17-25-16-13-23-7-4-5-10-28(23)34(25)30(24)21-27/h1-22H. The van der Waals surface area contributed by atoms with E-state index in [9.17, 15) is 0 Å². The summed E-state index contributed by atoms with van der Waals surface area (Å²) in [5, 5.41) is 9.11. The van der Waals surface area contributed by atoms with Gasteiger partial charge in [0.15, 0.2) is 17.5 Å². The Labute approximate surface area is 246 Å². The molecule has 0 spiro atoms. The van der Waals surface area contributed by atoms with Gasteiger partial charge in [0.1, 0.15) is 11.2 Å². The molecule has 3 aromatic heterocycles. The average Bonchev–Trinajstić information content (AvgIpc) is 3.47. The highest BCUT2D eigenvalue weighted by molar-refractivity contribution is 6.20. The molecule has 200 valence electrons. The van der Waals surface area contributed by atoms with Crippen molar-refractivity contribution >= 4 is 54.3 Å². The van der Waals surface area contributed by atoms with E-state index in [0.29, 0.717) is 17.5 Å². The van der Waals surface area contributed by atoms with E-state index >= 15 is 0 Å². The van der Waals surface area contributed by atoms with Gasteiger partial charge in [-0.2, -0.15) is 0 Å². The lowest BCUT2D eigenvalue weighted by Crippen LogP contribution is -2.00. The minimum Gasteiger partial charge on any atom is -0.456 e. The Balaban J connectivity index is 1.33. The lowest BCUT2D eigenvalue weighted by atomic mass is 9.95. The molecular formula is C38H22N4O. The van der Waals surface area contributed by atoms with Gasteiger partial charge in [-0.1, -0.05) is 103 Å². The molecule has 9 aromatic rings. The number of pyridine rings is 1. The third kappa shape index (κ3) is 3.79. The van der Waals surface area contributed by atoms with Crippen LogP contribution in [0.1, 0.15) is 0 Å². The summed E-state index contributed by atoms with van der Waals surface area (Å²) >= 11 is 0. The van der Waals surface area contributed by atoms with Crippen molar-refractivity contribution in [2.45, 2.75) is 0 Å². The zero-order valence-electron chi connectivity index (χ0n) is 22.9. The van der Waals surface area contributed by atoms with Crippen molar-refractivity contribution in [3.05, 3.63) is 134 Å². The number of furan rings is 1. The van der Waals surface area contributed by atoms with Crippen LogP contribution in [0.3, 0.4) is 0 Å². The lowest BCUT2D eigenvalue weighted by Gasteiger charge is -2.11. The Hall–Kier alpha value is -5.94. The van der Waals surface area contributed by atoms with Crippen LogP contribution in [0.25, 0.3) is 88.4 Å². The fraction of sp³-hybridized carbons (Fsp3) is 0. The SMILES string of the molecule is c1ccc(-c2nc(-c3ccc4ccc5ccc6ccccc6c5c4c3)nc(-c3cccc4oc5ccncc5c34)n2)cc1. The van der Waals surface area contributed by atoms with Crippen molar-refractivity contribution in [3.8, 4) is 34.2 Å². The number of fused-ring (bicyclic) bond motifs is 8. The zero-order chi connectivity index (χ0) is 28.3. The first-order chi connectivity index (χ1) is 21.3. The molecule has 5 nitrogen and oxygen atoms in total. The number of nitrogens with zero attached hydrogens (tertiary/aromatic N) is 4. The first-order valence-electron chi connectivity index (χ1n) is 14.2. The second-order valence-electron chi connectivity index (χ2n) is 10.7. The van der Waals surface area contributed by atoms with E-state index in [2.05, 4.69) is 71.7 Å². The molecule has 5 heteroatoms. The molecule has 0 atom stereocenters. The Morgan fingerprint density at radius 1 is 0.442 bits per heavy atom. The van der Waals surface area contributed by atoms with Crippen molar-refractivity contribution in [3.63, 3.8) is 0 Å². The van der Waals surface area contributed by atoms with Crippen LogP contribution in [0.2, 0.25) is 0 Å². The maximum atomic E-state index is 6.16. The molecule has 6 aromatic carbocycles. The smallest absolute Gasteiger partial charge is 0.164 e. The number of hydrogen-bond donors (Lipinski definition) is 0. The Morgan fingerprint density at radius 2 is 1.16 bits per heavy atom. The fourth-order valence-corrected chi connectivity index (χ4v) is 6.16. The van der Waals surface area contributed by atoms with Gasteiger partial charge >= 0.3 is 0 Å². The summed E-state index contributed by atoms with van der Waals surface area (Å²) in [6.07, 6.45) is 3.58. The Kier molecular flexibility index (Phi) is 5.13. The summed E-state index contributed by atoms with van der Waals surface area (Å²) in [6, 6.07) is 41.7. The van der Waals surface area contributed by atoms with Gasteiger partial charge in [0.2, 0.25) is 0 Å². The third-order valence-corrected chi connectivity index (χ3v) is 8.19. The number of hydrogen-bond acceptors (Lipinski definition) is 5. The van der Waals surface area contributed by atoms with Gasteiger partial charge in [-0.15, -0.1) is 0 Å². The zero-order valence-corrected chi connectivity index (χ0v) is 22.9. The van der Waals surface area contributed by atoms with Gasteiger partial charge in [0.05, 0.1) is 0 Å². The predicted molar refractivity (Wildman–Crippen MR) is 174 cm³/mol. The lowest BCUT2D eigenvalue weighted by molar-refractivity contribution is 0.668. The van der Waals surface area contributed by atoms with Crippen molar-refractivity contribution in [1.82, 2.24) is 19.9 Å². The van der Waals surface area contributed by atoms with Gasteiger partial charge in [0, 0.05) is 39.9 Å².